The normalized spacial score (nSPS) is 12.1. The van der Waals surface area contributed by atoms with Gasteiger partial charge in [0, 0.05) is 4.47 Å². The molecule has 0 aliphatic carbocycles. The second-order valence-corrected chi connectivity index (χ2v) is 5.70. The van der Waals surface area contributed by atoms with E-state index >= 15 is 0 Å². The molecular formula is C9H4BrF4NO4S. The lowest BCUT2D eigenvalue weighted by Crippen LogP contribution is -2.33. The van der Waals surface area contributed by atoms with E-state index in [4.69, 9.17) is 0 Å². The molecule has 0 atom stereocenters. The van der Waals surface area contributed by atoms with Crippen molar-refractivity contribution in [2.24, 2.45) is 4.40 Å². The molecule has 0 aromatic heterocycles. The zero-order valence-corrected chi connectivity index (χ0v) is 11.6. The van der Waals surface area contributed by atoms with Crippen molar-refractivity contribution < 1.29 is 35.5 Å². The smallest absolute Gasteiger partial charge is 0.427 e. The van der Waals surface area contributed by atoms with Gasteiger partial charge in [0.15, 0.2) is 0 Å². The van der Waals surface area contributed by atoms with Gasteiger partial charge in [0.05, 0.1) is 0 Å². The first-order valence-electron chi connectivity index (χ1n) is 4.59. The van der Waals surface area contributed by atoms with Crippen molar-refractivity contribution >= 4 is 32.0 Å². The summed E-state index contributed by atoms with van der Waals surface area (Å²) >= 11 is 2.85. The van der Waals surface area contributed by atoms with Crippen molar-refractivity contribution in [2.45, 2.75) is 17.4 Å². The maximum atomic E-state index is 12.8. The molecule has 0 saturated heterocycles. The van der Waals surface area contributed by atoms with E-state index in [1.54, 1.807) is 0 Å². The molecule has 1 aromatic rings. The Morgan fingerprint density at radius 1 is 1.35 bits per heavy atom. The molecule has 5 nitrogen and oxygen atoms in total. The fourth-order valence-electron chi connectivity index (χ4n) is 1.06. The van der Waals surface area contributed by atoms with Gasteiger partial charge in [-0.15, -0.1) is 0 Å². The van der Waals surface area contributed by atoms with Gasteiger partial charge >= 0.3 is 12.5 Å². The number of hydrogen-bond acceptors (Lipinski definition) is 4. The lowest BCUT2D eigenvalue weighted by molar-refractivity contribution is -0.254. The van der Waals surface area contributed by atoms with Crippen molar-refractivity contribution in [1.29, 1.82) is 0 Å². The number of rotatable bonds is 5. The van der Waals surface area contributed by atoms with Crippen LogP contribution in [-0.2, 0) is 14.8 Å². The van der Waals surface area contributed by atoms with Crippen molar-refractivity contribution in [2.75, 3.05) is 0 Å². The highest BCUT2D eigenvalue weighted by Gasteiger charge is 2.45. The molecule has 0 amide bonds. The average Bonchev–Trinajstić information content (AvgIpc) is 2.30. The molecule has 0 unspecified atom stereocenters. The standard InChI is InChI=1S/C9H4BrF4NO4S/c10-5-1-2-6(19-9(13,14)8(11)12)7(3-5)20(17,18)15-4-16/h1-3,8H. The highest BCUT2D eigenvalue weighted by Crippen LogP contribution is 2.34. The summed E-state index contributed by atoms with van der Waals surface area (Å²) in [7, 11) is -4.69. The van der Waals surface area contributed by atoms with E-state index in [2.05, 4.69) is 25.1 Å². The molecule has 0 radical (unpaired) electrons. The summed E-state index contributed by atoms with van der Waals surface area (Å²) in [6.07, 6.45) is -8.35. The third kappa shape index (κ3) is 3.78. The number of hydrogen-bond donors (Lipinski definition) is 0. The molecule has 1 rings (SSSR count). The summed E-state index contributed by atoms with van der Waals surface area (Å²) in [6.45, 7) is 0. The Bertz CT molecular complexity index is 658. The van der Waals surface area contributed by atoms with Crippen LogP contribution in [0.1, 0.15) is 0 Å². The predicted molar refractivity (Wildman–Crippen MR) is 61.0 cm³/mol. The number of sulfonamides is 1. The molecule has 1 aromatic carbocycles. The number of benzene rings is 1. The van der Waals surface area contributed by atoms with Crippen molar-refractivity contribution in [3.05, 3.63) is 22.7 Å². The summed E-state index contributed by atoms with van der Waals surface area (Å²) in [6, 6.07) is 2.57. The van der Waals surface area contributed by atoms with Crippen LogP contribution < -0.4 is 4.74 Å². The van der Waals surface area contributed by atoms with Crippen LogP contribution in [0.15, 0.2) is 32.0 Å². The largest absolute Gasteiger partial charge is 0.461 e. The first-order chi connectivity index (χ1) is 9.10. The van der Waals surface area contributed by atoms with Gasteiger partial charge in [-0.1, -0.05) is 20.3 Å². The Balaban J connectivity index is 3.40. The van der Waals surface area contributed by atoms with Gasteiger partial charge in [-0.2, -0.15) is 26.0 Å². The monoisotopic (exact) mass is 377 g/mol. The van der Waals surface area contributed by atoms with Crippen molar-refractivity contribution in [3.63, 3.8) is 0 Å². The number of carbonyl (C=O) groups excluding carboxylic acids is 1. The lowest BCUT2D eigenvalue weighted by Gasteiger charge is -2.18. The van der Waals surface area contributed by atoms with Crippen LogP contribution in [0, 0.1) is 0 Å². The second kappa shape index (κ2) is 5.90. The third-order valence-corrected chi connectivity index (χ3v) is 3.52. The van der Waals surface area contributed by atoms with Crippen molar-refractivity contribution in [3.8, 4) is 5.75 Å². The minimum Gasteiger partial charge on any atom is -0.427 e. The molecule has 0 fully saturated rings. The number of isocyanates is 1. The maximum Gasteiger partial charge on any atom is 0.461 e. The van der Waals surface area contributed by atoms with E-state index < -0.39 is 33.2 Å². The minimum atomic E-state index is -4.90. The van der Waals surface area contributed by atoms with E-state index in [1.165, 1.54) is 0 Å². The van der Waals surface area contributed by atoms with Crippen molar-refractivity contribution in [1.82, 2.24) is 0 Å². The molecule has 110 valence electrons. The fourth-order valence-corrected chi connectivity index (χ4v) is 2.41. The van der Waals surface area contributed by atoms with Crippen LogP contribution in [0.25, 0.3) is 0 Å². The van der Waals surface area contributed by atoms with E-state index in [1.807, 2.05) is 0 Å². The Morgan fingerprint density at radius 2 is 1.95 bits per heavy atom. The zero-order chi connectivity index (χ0) is 15.6. The first-order valence-corrected chi connectivity index (χ1v) is 6.82. The molecule has 0 heterocycles. The average molecular weight is 378 g/mol. The van der Waals surface area contributed by atoms with E-state index in [-0.39, 0.29) is 4.47 Å². The molecule has 20 heavy (non-hydrogen) atoms. The van der Waals surface area contributed by atoms with Gasteiger partial charge in [-0.3, -0.25) is 0 Å². The molecular weight excluding hydrogens is 374 g/mol. The molecule has 0 bridgehead atoms. The summed E-state index contributed by atoms with van der Waals surface area (Å²) in [5.41, 5.74) is 0. The van der Waals surface area contributed by atoms with Gasteiger partial charge in [0.2, 0.25) is 0 Å². The molecule has 0 aliphatic rings. The molecule has 0 spiro atoms. The zero-order valence-electron chi connectivity index (χ0n) is 9.19. The van der Waals surface area contributed by atoms with E-state index in [0.717, 1.165) is 18.2 Å². The predicted octanol–water partition coefficient (Wildman–Crippen LogP) is 2.71. The van der Waals surface area contributed by atoms with E-state index in [0.29, 0.717) is 6.07 Å². The van der Waals surface area contributed by atoms with Gasteiger partial charge in [-0.25, -0.2) is 4.79 Å². The molecule has 0 aliphatic heterocycles. The Hall–Kier alpha value is -1.45. The van der Waals surface area contributed by atoms with Crippen LogP contribution >= 0.6 is 15.9 Å². The molecule has 0 N–H and O–H groups in total. The van der Waals surface area contributed by atoms with Crippen LogP contribution in [-0.4, -0.2) is 27.0 Å². The number of nitrogens with zero attached hydrogens (tertiary/aromatic N) is 1. The third-order valence-electron chi connectivity index (χ3n) is 1.84. The summed E-state index contributed by atoms with van der Waals surface area (Å²) < 4.78 is 78.9. The number of ether oxygens (including phenoxy) is 1. The first kappa shape index (κ1) is 16.6. The van der Waals surface area contributed by atoms with Gasteiger partial charge in [0.25, 0.3) is 16.1 Å². The number of alkyl halides is 4. The number of halogens is 5. The quantitative estimate of drug-likeness (QED) is 0.449. The topological polar surface area (TPSA) is 72.8 Å². The van der Waals surface area contributed by atoms with Crippen LogP contribution in [0.4, 0.5) is 17.6 Å². The highest BCUT2D eigenvalue weighted by atomic mass is 79.9. The van der Waals surface area contributed by atoms with Crippen LogP contribution in [0.2, 0.25) is 0 Å². The van der Waals surface area contributed by atoms with Gasteiger partial charge < -0.3 is 4.74 Å². The Morgan fingerprint density at radius 3 is 2.45 bits per heavy atom. The summed E-state index contributed by atoms with van der Waals surface area (Å²) in [4.78, 5) is 9.02. The minimum absolute atomic E-state index is 0.116. The fraction of sp³-hybridized carbons (Fsp3) is 0.222. The molecule has 11 heteroatoms. The summed E-state index contributed by atoms with van der Waals surface area (Å²) in [5.74, 6) is -1.07. The van der Waals surface area contributed by atoms with E-state index in [9.17, 15) is 30.8 Å². The lowest BCUT2D eigenvalue weighted by atomic mass is 10.3. The summed E-state index contributed by atoms with van der Waals surface area (Å²) in [5, 5.41) is 0. The van der Waals surface area contributed by atoms with Crippen LogP contribution in [0.5, 0.6) is 5.75 Å². The Labute approximate surface area is 118 Å². The Kier molecular flexibility index (Phi) is 4.90. The molecule has 0 saturated carbocycles. The second-order valence-electron chi connectivity index (χ2n) is 3.21. The van der Waals surface area contributed by atoms with Crippen LogP contribution in [0.3, 0.4) is 0 Å². The van der Waals surface area contributed by atoms with Gasteiger partial charge in [-0.05, 0) is 18.2 Å². The van der Waals surface area contributed by atoms with Gasteiger partial charge in [0.1, 0.15) is 10.6 Å². The highest BCUT2D eigenvalue weighted by molar-refractivity contribution is 9.10. The maximum absolute atomic E-state index is 12.8. The SMILES string of the molecule is O=C=NS(=O)(=O)c1cc(Br)ccc1OC(F)(F)C(F)F.